The maximum absolute atomic E-state index is 13.1. The third kappa shape index (κ3) is 6.19. The minimum atomic E-state index is -4.62. The lowest BCUT2D eigenvalue weighted by Crippen LogP contribution is -2.22. The van der Waals surface area contributed by atoms with E-state index in [1.54, 1.807) is 0 Å². The normalized spacial score (nSPS) is 14.3. The van der Waals surface area contributed by atoms with Gasteiger partial charge in [-0.1, -0.05) is 35.3 Å². The Morgan fingerprint density at radius 1 is 1.22 bits per heavy atom. The van der Waals surface area contributed by atoms with Gasteiger partial charge in [-0.25, -0.2) is 9.18 Å². The van der Waals surface area contributed by atoms with Crippen LogP contribution in [0.2, 0.25) is 10.0 Å². The molecule has 0 aliphatic rings. The molecule has 2 atom stereocenters. The van der Waals surface area contributed by atoms with Gasteiger partial charge in [0, 0.05) is 10.6 Å². The van der Waals surface area contributed by atoms with Crippen molar-refractivity contribution in [3.8, 4) is 5.75 Å². The molecular formula is C17H15Cl2FO6P-. The van der Waals surface area contributed by atoms with Crippen LogP contribution in [0.4, 0.5) is 4.39 Å². The van der Waals surface area contributed by atoms with Crippen molar-refractivity contribution < 1.29 is 32.6 Å². The standard InChI is InChI=1S/C17H16Cl2FO6P/c1-2-25-27(22,23)17(11-3-6-13(20)7-4-11)26-16(21)10-24-15-8-5-12(18)9-14(15)19/h3-9,17H,2,10H2,1H3,(H,22,23)/p-1. The molecule has 10 heteroatoms. The van der Waals surface area contributed by atoms with Crippen molar-refractivity contribution in [2.45, 2.75) is 12.8 Å². The molecule has 0 amide bonds. The van der Waals surface area contributed by atoms with Crippen LogP contribution in [0.1, 0.15) is 18.3 Å². The lowest BCUT2D eigenvalue weighted by Gasteiger charge is -2.31. The maximum atomic E-state index is 13.1. The van der Waals surface area contributed by atoms with Gasteiger partial charge in [0.25, 0.3) is 0 Å². The van der Waals surface area contributed by atoms with E-state index in [1.807, 2.05) is 0 Å². The van der Waals surface area contributed by atoms with Crippen LogP contribution >= 0.6 is 30.8 Å². The Balaban J connectivity index is 2.13. The molecule has 0 heterocycles. The second-order valence-corrected chi connectivity index (χ2v) is 7.87. The van der Waals surface area contributed by atoms with Gasteiger partial charge in [-0.2, -0.15) is 0 Å². The molecule has 0 radical (unpaired) electrons. The molecule has 2 unspecified atom stereocenters. The highest BCUT2D eigenvalue weighted by atomic mass is 35.5. The minimum absolute atomic E-state index is 0.0426. The highest BCUT2D eigenvalue weighted by Crippen LogP contribution is 2.53. The summed E-state index contributed by atoms with van der Waals surface area (Å²) in [4.78, 5) is 24.4. The number of ether oxygens (including phenoxy) is 2. The molecular weight excluding hydrogens is 421 g/mol. The highest BCUT2D eigenvalue weighted by molar-refractivity contribution is 7.51. The molecule has 2 aromatic carbocycles. The first-order chi connectivity index (χ1) is 12.7. The van der Waals surface area contributed by atoms with E-state index in [0.717, 1.165) is 12.1 Å². The molecule has 0 saturated carbocycles. The van der Waals surface area contributed by atoms with Crippen molar-refractivity contribution in [1.29, 1.82) is 0 Å². The molecule has 2 aromatic rings. The fourth-order valence-corrected chi connectivity index (χ4v) is 3.82. The number of esters is 1. The second kappa shape index (κ2) is 9.53. The fourth-order valence-electron chi connectivity index (χ4n) is 2.08. The van der Waals surface area contributed by atoms with E-state index in [-0.39, 0.29) is 22.9 Å². The van der Waals surface area contributed by atoms with E-state index in [1.165, 1.54) is 37.3 Å². The molecule has 0 aliphatic heterocycles. The lowest BCUT2D eigenvalue weighted by atomic mass is 10.2. The number of halogens is 3. The second-order valence-electron chi connectivity index (χ2n) is 5.21. The van der Waals surface area contributed by atoms with Gasteiger partial charge in [-0.05, 0) is 37.3 Å². The lowest BCUT2D eigenvalue weighted by molar-refractivity contribution is -0.211. The van der Waals surface area contributed by atoms with Gasteiger partial charge >= 0.3 is 5.97 Å². The summed E-state index contributed by atoms with van der Waals surface area (Å²) in [5, 5.41) is 0.560. The van der Waals surface area contributed by atoms with E-state index < -0.39 is 31.8 Å². The first kappa shape index (κ1) is 21.7. The van der Waals surface area contributed by atoms with Gasteiger partial charge in [0.05, 0.1) is 11.6 Å². The largest absolute Gasteiger partial charge is 0.776 e. The maximum Gasteiger partial charge on any atom is 0.345 e. The molecule has 0 fully saturated rings. The van der Waals surface area contributed by atoms with Crippen LogP contribution < -0.4 is 9.63 Å². The molecule has 146 valence electrons. The number of hydrogen-bond acceptors (Lipinski definition) is 6. The fraction of sp³-hybridized carbons (Fsp3) is 0.235. The molecule has 27 heavy (non-hydrogen) atoms. The van der Waals surface area contributed by atoms with Crippen molar-refractivity contribution in [1.82, 2.24) is 0 Å². The van der Waals surface area contributed by atoms with Gasteiger partial charge in [-0.3, -0.25) is 0 Å². The third-order valence-electron chi connectivity index (χ3n) is 3.23. The quantitative estimate of drug-likeness (QED) is 0.452. The van der Waals surface area contributed by atoms with Crippen molar-refractivity contribution in [2.75, 3.05) is 13.2 Å². The Labute approximate surface area is 165 Å². The SMILES string of the molecule is CCOP(=O)([O-])C(OC(=O)COc1ccc(Cl)cc1Cl)c1ccc(F)cc1. The predicted molar refractivity (Wildman–Crippen MR) is 96.4 cm³/mol. The van der Waals surface area contributed by atoms with Crippen LogP contribution in [-0.2, 0) is 18.6 Å². The highest BCUT2D eigenvalue weighted by Gasteiger charge is 2.29. The Hall–Kier alpha value is -1.63. The van der Waals surface area contributed by atoms with E-state index in [4.69, 9.17) is 37.2 Å². The molecule has 0 aromatic heterocycles. The Morgan fingerprint density at radius 3 is 2.48 bits per heavy atom. The van der Waals surface area contributed by atoms with Gasteiger partial charge in [0.1, 0.15) is 11.6 Å². The molecule has 0 spiro atoms. The minimum Gasteiger partial charge on any atom is -0.776 e. The number of hydrogen-bond donors (Lipinski definition) is 0. The molecule has 2 rings (SSSR count). The van der Waals surface area contributed by atoms with Crippen LogP contribution in [0.15, 0.2) is 42.5 Å². The Morgan fingerprint density at radius 2 is 1.89 bits per heavy atom. The molecule has 0 saturated heterocycles. The van der Waals surface area contributed by atoms with Gasteiger partial charge in [0.15, 0.2) is 20.0 Å². The van der Waals surface area contributed by atoms with Crippen LogP contribution in [0, 0.1) is 5.82 Å². The molecule has 0 aliphatic carbocycles. The Kier molecular flexibility index (Phi) is 7.65. The smallest absolute Gasteiger partial charge is 0.345 e. The summed E-state index contributed by atoms with van der Waals surface area (Å²) >= 11 is 11.7. The van der Waals surface area contributed by atoms with Crippen molar-refractivity contribution >= 4 is 36.8 Å². The number of benzene rings is 2. The summed E-state index contributed by atoms with van der Waals surface area (Å²) in [6.07, 6.45) is 0. The average Bonchev–Trinajstić information content (AvgIpc) is 2.59. The number of carbonyl (C=O) groups excluding carboxylic acids is 1. The summed E-state index contributed by atoms with van der Waals surface area (Å²) in [5.74, 6) is -3.12. The van der Waals surface area contributed by atoms with Gasteiger partial charge in [-0.15, -0.1) is 0 Å². The summed E-state index contributed by atoms with van der Waals surface area (Å²) in [5.41, 5.74) is 0.0426. The van der Waals surface area contributed by atoms with Gasteiger partial charge < -0.3 is 23.5 Å². The molecule has 0 bridgehead atoms. The average molecular weight is 436 g/mol. The first-order valence-electron chi connectivity index (χ1n) is 7.71. The third-order valence-corrected chi connectivity index (χ3v) is 5.36. The van der Waals surface area contributed by atoms with E-state index in [9.17, 15) is 18.6 Å². The molecule has 6 nitrogen and oxygen atoms in total. The van der Waals surface area contributed by atoms with E-state index >= 15 is 0 Å². The zero-order valence-electron chi connectivity index (χ0n) is 14.1. The van der Waals surface area contributed by atoms with Crippen LogP contribution in [-0.4, -0.2) is 19.2 Å². The van der Waals surface area contributed by atoms with Crippen LogP contribution in [0.3, 0.4) is 0 Å². The van der Waals surface area contributed by atoms with Gasteiger partial charge in [0.2, 0.25) is 0 Å². The summed E-state index contributed by atoms with van der Waals surface area (Å²) < 4.78 is 40.4. The van der Waals surface area contributed by atoms with Crippen LogP contribution in [0.5, 0.6) is 5.75 Å². The Bertz CT molecular complexity index is 846. The van der Waals surface area contributed by atoms with E-state index in [2.05, 4.69) is 0 Å². The predicted octanol–water partition coefficient (Wildman–Crippen LogP) is 4.34. The van der Waals surface area contributed by atoms with Crippen LogP contribution in [0.25, 0.3) is 0 Å². The van der Waals surface area contributed by atoms with Crippen molar-refractivity contribution in [3.63, 3.8) is 0 Å². The summed E-state index contributed by atoms with van der Waals surface area (Å²) in [6, 6.07) is 8.86. The summed E-state index contributed by atoms with van der Waals surface area (Å²) in [6.45, 7) is 0.720. The first-order valence-corrected chi connectivity index (χ1v) is 10.1. The van der Waals surface area contributed by atoms with Crippen molar-refractivity contribution in [2.24, 2.45) is 0 Å². The van der Waals surface area contributed by atoms with Crippen molar-refractivity contribution in [3.05, 3.63) is 63.9 Å². The van der Waals surface area contributed by atoms with E-state index in [0.29, 0.717) is 5.02 Å². The molecule has 0 N–H and O–H groups in total. The number of carbonyl (C=O) groups is 1. The topological polar surface area (TPSA) is 84.9 Å². The summed E-state index contributed by atoms with van der Waals surface area (Å²) in [7, 11) is -4.62. The monoisotopic (exact) mass is 435 g/mol. The zero-order valence-corrected chi connectivity index (χ0v) is 16.5. The zero-order chi connectivity index (χ0) is 20.0. The number of rotatable bonds is 8.